The number of nitrogens with two attached hydrogens (primary N) is 1. The van der Waals surface area contributed by atoms with Crippen LogP contribution in [-0.2, 0) is 0 Å². The third-order valence-corrected chi connectivity index (χ3v) is 1.80. The van der Waals surface area contributed by atoms with Gasteiger partial charge in [-0.2, -0.15) is 0 Å². The minimum Gasteiger partial charge on any atom is -0.477 e. The van der Waals surface area contributed by atoms with Gasteiger partial charge in [0.1, 0.15) is 0 Å². The van der Waals surface area contributed by atoms with E-state index < -0.39 is 5.97 Å². The quantitative estimate of drug-likeness (QED) is 0.722. The van der Waals surface area contributed by atoms with Gasteiger partial charge in [0.2, 0.25) is 0 Å². The first-order chi connectivity index (χ1) is 6.04. The highest BCUT2D eigenvalue weighted by Crippen LogP contribution is 2.23. The lowest BCUT2D eigenvalue weighted by Gasteiger charge is -2.10. The lowest BCUT2D eigenvalue weighted by atomic mass is 9.99. The number of anilines is 1. The van der Waals surface area contributed by atoms with Crippen molar-refractivity contribution in [2.75, 3.05) is 5.73 Å². The second-order valence-corrected chi connectivity index (χ2v) is 3.12. The van der Waals surface area contributed by atoms with Crippen LogP contribution in [0.1, 0.15) is 35.8 Å². The molecular formula is C9H12N2O2. The van der Waals surface area contributed by atoms with Crippen LogP contribution in [0.4, 0.5) is 5.69 Å². The van der Waals surface area contributed by atoms with Gasteiger partial charge in [-0.25, -0.2) is 9.78 Å². The second-order valence-electron chi connectivity index (χ2n) is 3.12. The number of carboxylic acid groups (broad SMARTS) is 1. The number of nitrogens with zero attached hydrogens (tertiary/aromatic N) is 1. The fourth-order valence-electron chi connectivity index (χ4n) is 1.27. The highest BCUT2D eigenvalue weighted by atomic mass is 16.4. The highest BCUT2D eigenvalue weighted by Gasteiger charge is 2.16. The van der Waals surface area contributed by atoms with Crippen LogP contribution in [0.3, 0.4) is 0 Å². The molecule has 1 aromatic heterocycles. The Morgan fingerprint density at radius 2 is 2.23 bits per heavy atom. The molecule has 0 spiro atoms. The SMILES string of the molecule is CC(C)c1c(N)ccnc1C(=O)O. The van der Waals surface area contributed by atoms with Crippen molar-refractivity contribution in [3.05, 3.63) is 23.5 Å². The fraction of sp³-hybridized carbons (Fsp3) is 0.333. The molecule has 3 N–H and O–H groups in total. The smallest absolute Gasteiger partial charge is 0.354 e. The van der Waals surface area contributed by atoms with Gasteiger partial charge >= 0.3 is 5.97 Å². The van der Waals surface area contributed by atoms with Crippen molar-refractivity contribution in [3.63, 3.8) is 0 Å². The fourth-order valence-corrected chi connectivity index (χ4v) is 1.27. The van der Waals surface area contributed by atoms with E-state index in [0.29, 0.717) is 11.3 Å². The first kappa shape index (κ1) is 9.51. The maximum absolute atomic E-state index is 10.8. The van der Waals surface area contributed by atoms with Crippen LogP contribution in [0.2, 0.25) is 0 Å². The Bertz CT molecular complexity index is 334. The van der Waals surface area contributed by atoms with Crippen molar-refractivity contribution in [1.82, 2.24) is 4.98 Å². The molecule has 0 amide bonds. The van der Waals surface area contributed by atoms with Crippen molar-refractivity contribution in [2.45, 2.75) is 19.8 Å². The normalized spacial score (nSPS) is 10.4. The maximum Gasteiger partial charge on any atom is 0.354 e. The van der Waals surface area contributed by atoms with Crippen molar-refractivity contribution in [2.24, 2.45) is 0 Å². The standard InChI is InChI=1S/C9H12N2O2/c1-5(2)7-6(10)3-4-11-8(7)9(12)13/h3-5H,1-2H3,(H2,10,11)(H,12,13). The number of aromatic carboxylic acids is 1. The summed E-state index contributed by atoms with van der Waals surface area (Å²) in [6, 6.07) is 1.61. The van der Waals surface area contributed by atoms with Gasteiger partial charge in [0.15, 0.2) is 5.69 Å². The minimum absolute atomic E-state index is 0.0509. The Hall–Kier alpha value is -1.58. The van der Waals surface area contributed by atoms with E-state index in [9.17, 15) is 4.79 Å². The monoisotopic (exact) mass is 180 g/mol. The Morgan fingerprint density at radius 3 is 2.62 bits per heavy atom. The molecule has 0 saturated heterocycles. The van der Waals surface area contributed by atoms with Gasteiger partial charge in [-0.15, -0.1) is 0 Å². The Balaban J connectivity index is 3.34. The summed E-state index contributed by atoms with van der Waals surface area (Å²) in [6.45, 7) is 3.78. The summed E-state index contributed by atoms with van der Waals surface area (Å²) in [5, 5.41) is 8.82. The van der Waals surface area contributed by atoms with Crippen LogP contribution < -0.4 is 5.73 Å². The molecule has 70 valence electrons. The number of hydrogen-bond donors (Lipinski definition) is 2. The summed E-state index contributed by atoms with van der Waals surface area (Å²) in [6.07, 6.45) is 1.41. The van der Waals surface area contributed by atoms with Gasteiger partial charge in [-0.05, 0) is 12.0 Å². The van der Waals surface area contributed by atoms with E-state index in [0.717, 1.165) is 0 Å². The maximum atomic E-state index is 10.8. The van der Waals surface area contributed by atoms with E-state index in [4.69, 9.17) is 10.8 Å². The minimum atomic E-state index is -1.03. The number of carboxylic acids is 1. The molecule has 0 bridgehead atoms. The van der Waals surface area contributed by atoms with Gasteiger partial charge in [0.05, 0.1) is 0 Å². The van der Waals surface area contributed by atoms with Crippen molar-refractivity contribution in [1.29, 1.82) is 0 Å². The van der Waals surface area contributed by atoms with Crippen LogP contribution >= 0.6 is 0 Å². The summed E-state index contributed by atoms with van der Waals surface area (Å²) >= 11 is 0. The lowest BCUT2D eigenvalue weighted by Crippen LogP contribution is -2.09. The zero-order valence-electron chi connectivity index (χ0n) is 7.61. The summed E-state index contributed by atoms with van der Waals surface area (Å²) < 4.78 is 0. The molecule has 0 radical (unpaired) electrons. The second kappa shape index (κ2) is 3.43. The van der Waals surface area contributed by atoms with E-state index in [1.54, 1.807) is 6.07 Å². The number of hydrogen-bond acceptors (Lipinski definition) is 3. The molecule has 1 rings (SSSR count). The first-order valence-corrected chi connectivity index (χ1v) is 4.01. The molecule has 0 saturated carbocycles. The molecule has 0 aliphatic heterocycles. The molecule has 0 atom stereocenters. The molecule has 0 unspecified atom stereocenters. The Morgan fingerprint density at radius 1 is 1.62 bits per heavy atom. The van der Waals surface area contributed by atoms with Crippen molar-refractivity contribution in [3.8, 4) is 0 Å². The Kier molecular flexibility index (Phi) is 2.51. The zero-order chi connectivity index (χ0) is 10.0. The van der Waals surface area contributed by atoms with E-state index in [-0.39, 0.29) is 11.6 Å². The van der Waals surface area contributed by atoms with E-state index in [1.165, 1.54) is 6.20 Å². The van der Waals surface area contributed by atoms with Crippen LogP contribution in [0.25, 0.3) is 0 Å². The number of carbonyl (C=O) groups is 1. The van der Waals surface area contributed by atoms with E-state index in [2.05, 4.69) is 4.98 Å². The number of nitrogen functional groups attached to an aromatic ring is 1. The van der Waals surface area contributed by atoms with E-state index >= 15 is 0 Å². The van der Waals surface area contributed by atoms with Gasteiger partial charge in [0.25, 0.3) is 0 Å². The Labute approximate surface area is 76.4 Å². The van der Waals surface area contributed by atoms with Crippen LogP contribution in [0.15, 0.2) is 12.3 Å². The average Bonchev–Trinajstić information content (AvgIpc) is 2.02. The molecule has 0 aromatic carbocycles. The average molecular weight is 180 g/mol. The molecular weight excluding hydrogens is 168 g/mol. The molecule has 4 heteroatoms. The van der Waals surface area contributed by atoms with Gasteiger partial charge in [0, 0.05) is 17.4 Å². The topological polar surface area (TPSA) is 76.2 Å². The van der Waals surface area contributed by atoms with Crippen LogP contribution in [0.5, 0.6) is 0 Å². The first-order valence-electron chi connectivity index (χ1n) is 4.01. The molecule has 13 heavy (non-hydrogen) atoms. The molecule has 1 heterocycles. The summed E-state index contributed by atoms with van der Waals surface area (Å²) in [7, 11) is 0. The van der Waals surface area contributed by atoms with Gasteiger partial charge in [-0.1, -0.05) is 13.8 Å². The predicted octanol–water partition coefficient (Wildman–Crippen LogP) is 1.49. The molecule has 1 aromatic rings. The van der Waals surface area contributed by atoms with Crippen molar-refractivity contribution >= 4 is 11.7 Å². The summed E-state index contributed by atoms with van der Waals surface area (Å²) in [5.74, 6) is -0.962. The number of aromatic nitrogens is 1. The molecule has 4 nitrogen and oxygen atoms in total. The summed E-state index contributed by atoms with van der Waals surface area (Å²) in [4.78, 5) is 14.5. The zero-order valence-corrected chi connectivity index (χ0v) is 7.61. The van der Waals surface area contributed by atoms with Crippen LogP contribution in [-0.4, -0.2) is 16.1 Å². The molecule has 0 aliphatic carbocycles. The third-order valence-electron chi connectivity index (χ3n) is 1.80. The highest BCUT2D eigenvalue weighted by molar-refractivity contribution is 5.89. The van der Waals surface area contributed by atoms with Gasteiger partial charge in [-0.3, -0.25) is 0 Å². The number of rotatable bonds is 2. The number of pyridine rings is 1. The van der Waals surface area contributed by atoms with E-state index in [1.807, 2.05) is 13.8 Å². The van der Waals surface area contributed by atoms with Crippen molar-refractivity contribution < 1.29 is 9.90 Å². The third kappa shape index (κ3) is 1.77. The lowest BCUT2D eigenvalue weighted by molar-refractivity contribution is 0.0689. The molecule has 0 aliphatic rings. The molecule has 0 fully saturated rings. The largest absolute Gasteiger partial charge is 0.477 e. The van der Waals surface area contributed by atoms with Crippen LogP contribution in [0, 0.1) is 0 Å². The predicted molar refractivity (Wildman–Crippen MR) is 49.7 cm³/mol. The summed E-state index contributed by atoms with van der Waals surface area (Å²) in [5.41, 5.74) is 6.80. The van der Waals surface area contributed by atoms with Gasteiger partial charge < -0.3 is 10.8 Å².